The van der Waals surface area contributed by atoms with E-state index in [-0.39, 0.29) is 5.97 Å². The third-order valence-corrected chi connectivity index (χ3v) is 2.78. The molecular weight excluding hydrogens is 232 g/mol. The normalized spacial score (nSPS) is 18.3. The number of carbonyl (C=O) groups is 1. The van der Waals surface area contributed by atoms with Gasteiger partial charge in [-0.1, -0.05) is 18.2 Å². The van der Waals surface area contributed by atoms with Gasteiger partial charge in [-0.25, -0.2) is 4.79 Å². The number of ether oxygens (including phenoxy) is 3. The Morgan fingerprint density at radius 1 is 1.44 bits per heavy atom. The first kappa shape index (κ1) is 12.6. The van der Waals surface area contributed by atoms with E-state index >= 15 is 0 Å². The standard InChI is InChI=1S/C14H16O4/c1-3-17-14(15)11-8-9-18-13(11)10-6-4-5-7-12(10)16-2/h4-8,13H,3,9H2,1-2H3. The fraction of sp³-hybridized carbons (Fsp3) is 0.357. The predicted molar refractivity (Wildman–Crippen MR) is 66.4 cm³/mol. The van der Waals surface area contributed by atoms with E-state index in [0.717, 1.165) is 5.56 Å². The Labute approximate surface area is 106 Å². The lowest BCUT2D eigenvalue weighted by Crippen LogP contribution is -2.13. The summed E-state index contributed by atoms with van der Waals surface area (Å²) in [5.41, 5.74) is 1.39. The van der Waals surface area contributed by atoms with Gasteiger partial charge < -0.3 is 14.2 Å². The minimum atomic E-state index is -0.403. The van der Waals surface area contributed by atoms with Gasteiger partial charge in [0.2, 0.25) is 0 Å². The smallest absolute Gasteiger partial charge is 0.336 e. The van der Waals surface area contributed by atoms with E-state index < -0.39 is 6.10 Å². The quantitative estimate of drug-likeness (QED) is 0.767. The number of methoxy groups -OCH3 is 1. The molecule has 1 aliphatic heterocycles. The van der Waals surface area contributed by atoms with Crippen LogP contribution in [0.2, 0.25) is 0 Å². The zero-order chi connectivity index (χ0) is 13.0. The minimum Gasteiger partial charge on any atom is -0.496 e. The second-order valence-electron chi connectivity index (χ2n) is 3.84. The fourth-order valence-corrected chi connectivity index (χ4v) is 1.98. The Morgan fingerprint density at radius 2 is 2.22 bits per heavy atom. The second-order valence-corrected chi connectivity index (χ2v) is 3.84. The van der Waals surface area contributed by atoms with Crippen molar-refractivity contribution in [2.45, 2.75) is 13.0 Å². The molecule has 4 heteroatoms. The molecule has 1 aromatic carbocycles. The summed E-state index contributed by atoms with van der Waals surface area (Å²) in [5, 5.41) is 0. The molecule has 1 atom stereocenters. The van der Waals surface area contributed by atoms with Crippen molar-refractivity contribution < 1.29 is 19.0 Å². The summed E-state index contributed by atoms with van der Waals surface area (Å²) < 4.78 is 15.9. The average molecular weight is 248 g/mol. The monoisotopic (exact) mass is 248 g/mol. The van der Waals surface area contributed by atoms with Crippen molar-refractivity contribution in [2.75, 3.05) is 20.3 Å². The topological polar surface area (TPSA) is 44.8 Å². The number of benzene rings is 1. The molecular formula is C14H16O4. The first-order chi connectivity index (χ1) is 8.77. The molecule has 0 aliphatic carbocycles. The Kier molecular flexibility index (Phi) is 3.99. The summed E-state index contributed by atoms with van der Waals surface area (Å²) in [6.07, 6.45) is 1.36. The van der Waals surface area contributed by atoms with Crippen LogP contribution in [-0.4, -0.2) is 26.3 Å². The number of hydrogen-bond acceptors (Lipinski definition) is 4. The maximum atomic E-state index is 11.8. The molecule has 0 radical (unpaired) electrons. The van der Waals surface area contributed by atoms with Crippen LogP contribution in [0.1, 0.15) is 18.6 Å². The molecule has 0 amide bonds. The van der Waals surface area contributed by atoms with Gasteiger partial charge in [0.15, 0.2) is 0 Å². The first-order valence-electron chi connectivity index (χ1n) is 5.89. The summed E-state index contributed by atoms with van der Waals surface area (Å²) >= 11 is 0. The highest BCUT2D eigenvalue weighted by atomic mass is 16.5. The van der Waals surface area contributed by atoms with Crippen molar-refractivity contribution in [2.24, 2.45) is 0 Å². The SMILES string of the molecule is CCOC(=O)C1=CCOC1c1ccccc1OC. The molecule has 1 aliphatic rings. The van der Waals surface area contributed by atoms with Crippen LogP contribution >= 0.6 is 0 Å². The lowest BCUT2D eigenvalue weighted by Gasteiger charge is -2.17. The van der Waals surface area contributed by atoms with E-state index in [0.29, 0.717) is 24.5 Å². The van der Waals surface area contributed by atoms with Gasteiger partial charge in [-0.15, -0.1) is 0 Å². The van der Waals surface area contributed by atoms with Crippen LogP contribution in [0.5, 0.6) is 5.75 Å². The van der Waals surface area contributed by atoms with Crippen molar-refractivity contribution >= 4 is 5.97 Å². The zero-order valence-corrected chi connectivity index (χ0v) is 10.5. The molecule has 1 heterocycles. The molecule has 0 N–H and O–H groups in total. The molecule has 96 valence electrons. The molecule has 4 nitrogen and oxygen atoms in total. The van der Waals surface area contributed by atoms with Crippen molar-refractivity contribution in [3.63, 3.8) is 0 Å². The van der Waals surface area contributed by atoms with E-state index in [4.69, 9.17) is 14.2 Å². The van der Waals surface area contributed by atoms with Gasteiger partial charge in [0.1, 0.15) is 11.9 Å². The number of para-hydroxylation sites is 1. The maximum Gasteiger partial charge on any atom is 0.336 e. The molecule has 0 saturated carbocycles. The number of hydrogen-bond donors (Lipinski definition) is 0. The van der Waals surface area contributed by atoms with Crippen LogP contribution in [0, 0.1) is 0 Å². The second kappa shape index (κ2) is 5.69. The summed E-state index contributed by atoms with van der Waals surface area (Å²) in [7, 11) is 1.60. The zero-order valence-electron chi connectivity index (χ0n) is 10.5. The van der Waals surface area contributed by atoms with Crippen molar-refractivity contribution in [1.29, 1.82) is 0 Å². The Bertz CT molecular complexity index is 465. The van der Waals surface area contributed by atoms with Crippen LogP contribution < -0.4 is 4.74 Å². The molecule has 18 heavy (non-hydrogen) atoms. The van der Waals surface area contributed by atoms with E-state index in [2.05, 4.69) is 0 Å². The summed E-state index contributed by atoms with van der Waals surface area (Å²) in [4.78, 5) is 11.8. The molecule has 2 rings (SSSR count). The molecule has 0 saturated heterocycles. The highest BCUT2D eigenvalue weighted by Crippen LogP contribution is 2.36. The summed E-state index contributed by atoms with van der Waals surface area (Å²) in [6, 6.07) is 7.51. The highest BCUT2D eigenvalue weighted by molar-refractivity contribution is 5.90. The molecule has 0 spiro atoms. The summed E-state index contributed by atoms with van der Waals surface area (Å²) in [6.45, 7) is 2.55. The minimum absolute atomic E-state index is 0.328. The van der Waals surface area contributed by atoms with E-state index in [9.17, 15) is 4.79 Å². The van der Waals surface area contributed by atoms with Crippen LogP contribution in [-0.2, 0) is 14.3 Å². The third kappa shape index (κ3) is 2.38. The van der Waals surface area contributed by atoms with Gasteiger partial charge >= 0.3 is 5.97 Å². The largest absolute Gasteiger partial charge is 0.496 e. The van der Waals surface area contributed by atoms with E-state index in [1.807, 2.05) is 24.3 Å². The van der Waals surface area contributed by atoms with Crippen LogP contribution in [0.25, 0.3) is 0 Å². The van der Waals surface area contributed by atoms with E-state index in [1.165, 1.54) is 0 Å². The molecule has 1 unspecified atom stereocenters. The fourth-order valence-electron chi connectivity index (χ4n) is 1.98. The third-order valence-electron chi connectivity index (χ3n) is 2.78. The van der Waals surface area contributed by atoms with Gasteiger partial charge in [0.25, 0.3) is 0 Å². The average Bonchev–Trinajstić information content (AvgIpc) is 2.88. The number of esters is 1. The number of carbonyl (C=O) groups excluding carboxylic acids is 1. The molecule has 0 aromatic heterocycles. The van der Waals surface area contributed by atoms with Crippen LogP contribution in [0.4, 0.5) is 0 Å². The Hall–Kier alpha value is -1.81. The van der Waals surface area contributed by atoms with Gasteiger partial charge in [-0.3, -0.25) is 0 Å². The van der Waals surface area contributed by atoms with Gasteiger partial charge in [-0.05, 0) is 19.1 Å². The Balaban J connectivity index is 2.28. The van der Waals surface area contributed by atoms with Gasteiger partial charge in [-0.2, -0.15) is 0 Å². The predicted octanol–water partition coefficient (Wildman–Crippen LogP) is 2.26. The van der Waals surface area contributed by atoms with Gasteiger partial charge in [0, 0.05) is 5.56 Å². The van der Waals surface area contributed by atoms with E-state index in [1.54, 1.807) is 20.1 Å². The molecule has 0 bridgehead atoms. The van der Waals surface area contributed by atoms with Crippen LogP contribution in [0.3, 0.4) is 0 Å². The van der Waals surface area contributed by atoms with Crippen LogP contribution in [0.15, 0.2) is 35.9 Å². The van der Waals surface area contributed by atoms with Crippen molar-refractivity contribution in [1.82, 2.24) is 0 Å². The highest BCUT2D eigenvalue weighted by Gasteiger charge is 2.30. The molecule has 0 fully saturated rings. The first-order valence-corrected chi connectivity index (χ1v) is 5.89. The molecule has 1 aromatic rings. The summed E-state index contributed by atoms with van der Waals surface area (Å²) in [5.74, 6) is 0.380. The number of rotatable bonds is 4. The van der Waals surface area contributed by atoms with Crippen molar-refractivity contribution in [3.05, 3.63) is 41.5 Å². The Morgan fingerprint density at radius 3 is 2.94 bits per heavy atom. The lowest BCUT2D eigenvalue weighted by molar-refractivity contribution is -0.139. The van der Waals surface area contributed by atoms with Crippen molar-refractivity contribution in [3.8, 4) is 5.75 Å². The van der Waals surface area contributed by atoms with Gasteiger partial charge in [0.05, 0.1) is 25.9 Å². The maximum absolute atomic E-state index is 11.8. The lowest BCUT2D eigenvalue weighted by atomic mass is 10.0.